The van der Waals surface area contributed by atoms with Crippen molar-refractivity contribution in [3.05, 3.63) is 35.4 Å². The van der Waals surface area contributed by atoms with Crippen molar-refractivity contribution in [3.8, 4) is 0 Å². The first-order valence-corrected chi connectivity index (χ1v) is 12.3. The van der Waals surface area contributed by atoms with Crippen LogP contribution in [0.15, 0.2) is 24.3 Å². The van der Waals surface area contributed by atoms with Gasteiger partial charge in [-0.3, -0.25) is 4.79 Å². The number of ether oxygens (including phenoxy) is 1. The number of rotatable bonds is 4. The largest absolute Gasteiger partial charge is 0.453 e. The molecule has 186 valence electrons. The SMILES string of the molecule is COC(=O)N[C@]1(C)C[C@H](C(=O)N2CCC3(CC2)CC(c2ccc(C4(C(F)(F)F)CC4)cc2)C3)C1. The zero-order valence-corrected chi connectivity index (χ0v) is 19.8. The molecule has 1 aromatic rings. The molecule has 34 heavy (non-hydrogen) atoms. The molecule has 4 aliphatic rings. The van der Waals surface area contributed by atoms with Crippen molar-refractivity contribution >= 4 is 12.0 Å². The third kappa shape index (κ3) is 3.97. The maximum Gasteiger partial charge on any atom is 0.407 e. The smallest absolute Gasteiger partial charge is 0.407 e. The molecule has 1 saturated heterocycles. The lowest BCUT2D eigenvalue weighted by Crippen LogP contribution is -2.59. The maximum atomic E-state index is 13.4. The molecule has 5 rings (SSSR count). The summed E-state index contributed by atoms with van der Waals surface area (Å²) in [6, 6.07) is 7.16. The molecule has 8 heteroatoms. The van der Waals surface area contributed by atoms with Crippen molar-refractivity contribution in [3.63, 3.8) is 0 Å². The molecule has 0 aromatic heterocycles. The third-order valence-electron chi connectivity index (χ3n) is 9.05. The topological polar surface area (TPSA) is 58.6 Å². The van der Waals surface area contributed by atoms with E-state index in [1.807, 2.05) is 24.0 Å². The second-order valence-electron chi connectivity index (χ2n) is 11.4. The number of likely N-dealkylation sites (tertiary alicyclic amines) is 1. The lowest BCUT2D eigenvalue weighted by Gasteiger charge is -2.53. The first-order valence-electron chi connectivity index (χ1n) is 12.3. The molecule has 2 amide bonds. The summed E-state index contributed by atoms with van der Waals surface area (Å²) >= 11 is 0. The number of carbonyl (C=O) groups excluding carboxylic acids is 2. The van der Waals surface area contributed by atoms with Crippen LogP contribution in [0.25, 0.3) is 0 Å². The number of benzene rings is 1. The molecule has 1 aromatic carbocycles. The number of carbonyl (C=O) groups is 2. The molecule has 0 unspecified atom stereocenters. The quantitative estimate of drug-likeness (QED) is 0.640. The molecule has 5 nitrogen and oxygen atoms in total. The Hall–Kier alpha value is -2.25. The van der Waals surface area contributed by atoms with Gasteiger partial charge in [0.15, 0.2) is 0 Å². The minimum atomic E-state index is -4.17. The predicted molar refractivity (Wildman–Crippen MR) is 120 cm³/mol. The van der Waals surface area contributed by atoms with E-state index in [1.54, 1.807) is 12.1 Å². The second kappa shape index (κ2) is 7.89. The molecule has 1 N–H and O–H groups in total. The number of alkyl carbamates (subject to hydrolysis) is 1. The Balaban J connectivity index is 1.10. The number of methoxy groups -OCH3 is 1. The minimum Gasteiger partial charge on any atom is -0.453 e. The van der Waals surface area contributed by atoms with Crippen LogP contribution in [-0.2, 0) is 14.9 Å². The van der Waals surface area contributed by atoms with Gasteiger partial charge in [0.05, 0.1) is 12.5 Å². The van der Waals surface area contributed by atoms with Crippen LogP contribution in [0.1, 0.15) is 75.3 Å². The van der Waals surface area contributed by atoms with Crippen molar-refractivity contribution < 1.29 is 27.5 Å². The summed E-state index contributed by atoms with van der Waals surface area (Å²) in [5, 5.41) is 2.82. The van der Waals surface area contributed by atoms with Gasteiger partial charge in [0.25, 0.3) is 0 Å². The molecular formula is C26H33F3N2O3. The Morgan fingerprint density at radius 2 is 1.59 bits per heavy atom. The number of alkyl halides is 3. The maximum absolute atomic E-state index is 13.4. The summed E-state index contributed by atoms with van der Waals surface area (Å²) in [7, 11) is 1.33. The van der Waals surface area contributed by atoms with Crippen LogP contribution in [0.2, 0.25) is 0 Å². The highest BCUT2D eigenvalue weighted by molar-refractivity contribution is 5.81. The Morgan fingerprint density at radius 3 is 2.09 bits per heavy atom. The van der Waals surface area contributed by atoms with Gasteiger partial charge in [0.2, 0.25) is 5.91 Å². The van der Waals surface area contributed by atoms with Crippen LogP contribution in [0.5, 0.6) is 0 Å². The fourth-order valence-electron chi connectivity index (χ4n) is 6.63. The third-order valence-corrected chi connectivity index (χ3v) is 9.05. The van der Waals surface area contributed by atoms with E-state index in [9.17, 15) is 22.8 Å². The molecule has 1 heterocycles. The van der Waals surface area contributed by atoms with Crippen LogP contribution in [0.4, 0.5) is 18.0 Å². The highest BCUT2D eigenvalue weighted by Crippen LogP contribution is 2.60. The van der Waals surface area contributed by atoms with Crippen molar-refractivity contribution in [1.29, 1.82) is 0 Å². The average molecular weight is 479 g/mol. The minimum absolute atomic E-state index is 0.0460. The van der Waals surface area contributed by atoms with Gasteiger partial charge in [-0.15, -0.1) is 0 Å². The Bertz CT molecular complexity index is 948. The van der Waals surface area contributed by atoms with E-state index in [0.29, 0.717) is 24.3 Å². The van der Waals surface area contributed by atoms with E-state index in [1.165, 1.54) is 7.11 Å². The van der Waals surface area contributed by atoms with Gasteiger partial charge in [-0.05, 0) is 80.8 Å². The number of amides is 2. The van der Waals surface area contributed by atoms with Crippen LogP contribution < -0.4 is 5.32 Å². The lowest BCUT2D eigenvalue weighted by atomic mass is 9.56. The summed E-state index contributed by atoms with van der Waals surface area (Å²) in [4.78, 5) is 26.4. The van der Waals surface area contributed by atoms with Gasteiger partial charge < -0.3 is 15.0 Å². The number of nitrogens with one attached hydrogen (secondary N) is 1. The van der Waals surface area contributed by atoms with Gasteiger partial charge in [-0.2, -0.15) is 13.2 Å². The van der Waals surface area contributed by atoms with Crippen molar-refractivity contribution in [1.82, 2.24) is 10.2 Å². The molecule has 0 bridgehead atoms. The predicted octanol–water partition coefficient (Wildman–Crippen LogP) is 5.29. The van der Waals surface area contributed by atoms with Gasteiger partial charge in [-0.1, -0.05) is 24.3 Å². The summed E-state index contributed by atoms with van der Waals surface area (Å²) < 4.78 is 44.8. The van der Waals surface area contributed by atoms with E-state index in [-0.39, 0.29) is 35.6 Å². The van der Waals surface area contributed by atoms with Gasteiger partial charge in [0, 0.05) is 24.5 Å². The van der Waals surface area contributed by atoms with E-state index >= 15 is 0 Å². The molecule has 1 aliphatic heterocycles. The monoisotopic (exact) mass is 478 g/mol. The van der Waals surface area contributed by atoms with E-state index in [0.717, 1.165) is 44.3 Å². The fourth-order valence-corrected chi connectivity index (χ4v) is 6.63. The second-order valence-corrected chi connectivity index (χ2v) is 11.4. The van der Waals surface area contributed by atoms with Crippen molar-refractivity contribution in [2.24, 2.45) is 11.3 Å². The molecular weight excluding hydrogens is 445 g/mol. The first-order chi connectivity index (χ1) is 16.0. The average Bonchev–Trinajstić information content (AvgIpc) is 3.58. The number of piperidine rings is 1. The van der Waals surface area contributed by atoms with Gasteiger partial charge >= 0.3 is 12.3 Å². The van der Waals surface area contributed by atoms with E-state index < -0.39 is 17.7 Å². The van der Waals surface area contributed by atoms with Crippen LogP contribution in [-0.4, -0.2) is 48.8 Å². The van der Waals surface area contributed by atoms with Gasteiger partial charge in [0.1, 0.15) is 0 Å². The van der Waals surface area contributed by atoms with Crippen LogP contribution in [0.3, 0.4) is 0 Å². The highest BCUT2D eigenvalue weighted by atomic mass is 19.4. The number of nitrogens with zero attached hydrogens (tertiary/aromatic N) is 1. The standard InChI is InChI=1S/C26H33F3N2O3/c1-23(30-22(33)34-2)13-19(14-23)21(32)31-11-9-24(10-12-31)15-18(16-24)17-3-5-20(6-4-17)25(7-8-25)26(27,28)29/h3-6,18-19H,7-16H2,1-2H3,(H,30,33)/t19-,23+. The lowest BCUT2D eigenvalue weighted by molar-refractivity contribution is -0.160. The van der Waals surface area contributed by atoms with Gasteiger partial charge in [-0.25, -0.2) is 4.79 Å². The van der Waals surface area contributed by atoms with Crippen molar-refractivity contribution in [2.75, 3.05) is 20.2 Å². The molecule has 0 atom stereocenters. The summed E-state index contributed by atoms with van der Waals surface area (Å²) in [5.74, 6) is 0.536. The van der Waals surface area contributed by atoms with Crippen LogP contribution >= 0.6 is 0 Å². The Labute approximate surface area is 198 Å². The molecule has 4 fully saturated rings. The summed E-state index contributed by atoms with van der Waals surface area (Å²) in [6.07, 6.45) is 1.08. The van der Waals surface area contributed by atoms with E-state index in [4.69, 9.17) is 0 Å². The number of halogens is 3. The Kier molecular flexibility index (Phi) is 5.45. The fraction of sp³-hybridized carbons (Fsp3) is 0.692. The summed E-state index contributed by atoms with van der Waals surface area (Å²) in [5.41, 5.74) is -0.194. The van der Waals surface area contributed by atoms with Crippen LogP contribution in [0, 0.1) is 11.3 Å². The zero-order valence-electron chi connectivity index (χ0n) is 19.8. The summed E-state index contributed by atoms with van der Waals surface area (Å²) in [6.45, 7) is 3.46. The first kappa shape index (κ1) is 23.5. The molecule has 0 radical (unpaired) electrons. The molecule has 3 saturated carbocycles. The number of hydrogen-bond acceptors (Lipinski definition) is 3. The number of hydrogen-bond donors (Lipinski definition) is 1. The van der Waals surface area contributed by atoms with E-state index in [2.05, 4.69) is 10.1 Å². The van der Waals surface area contributed by atoms with Crippen molar-refractivity contribution in [2.45, 2.75) is 81.3 Å². The molecule has 1 spiro atoms. The normalized spacial score (nSPS) is 29.7. The highest BCUT2D eigenvalue weighted by Gasteiger charge is 2.64. The Morgan fingerprint density at radius 1 is 1.00 bits per heavy atom. The zero-order chi connectivity index (χ0) is 24.4. The molecule has 3 aliphatic carbocycles.